The number of aromatic hydroxyl groups is 1. The minimum Gasteiger partial charge on any atom is -0.507 e. The van der Waals surface area contributed by atoms with Gasteiger partial charge in [0.05, 0.1) is 12.2 Å². The number of hydrogen-bond acceptors (Lipinski definition) is 3. The van der Waals surface area contributed by atoms with Crippen LogP contribution in [-0.4, -0.2) is 17.7 Å². The standard InChI is InChI=1S/C19H15ClO3/c1-2-23-19(22)16-9-7-12-5-3-4-6-14(12)18(16)15-10-8-13(20)11-17(15)21/h3-11,21H,2H2,1H3. The zero-order chi connectivity index (χ0) is 16.4. The second-order valence-corrected chi connectivity index (χ2v) is 5.53. The minimum atomic E-state index is -0.414. The second-order valence-electron chi connectivity index (χ2n) is 5.09. The third-order valence-electron chi connectivity index (χ3n) is 3.65. The summed E-state index contributed by atoms with van der Waals surface area (Å²) in [4.78, 5) is 12.3. The smallest absolute Gasteiger partial charge is 0.338 e. The summed E-state index contributed by atoms with van der Waals surface area (Å²) in [5, 5.41) is 12.6. The first-order valence-corrected chi connectivity index (χ1v) is 7.67. The number of esters is 1. The van der Waals surface area contributed by atoms with Crippen LogP contribution in [0.2, 0.25) is 5.02 Å². The molecule has 0 aliphatic rings. The van der Waals surface area contributed by atoms with Crippen LogP contribution in [0.3, 0.4) is 0 Å². The predicted octanol–water partition coefficient (Wildman–Crippen LogP) is 5.04. The van der Waals surface area contributed by atoms with Gasteiger partial charge in [0.1, 0.15) is 5.75 Å². The number of phenolic OH excluding ortho intramolecular Hbond substituents is 1. The summed E-state index contributed by atoms with van der Waals surface area (Å²) >= 11 is 5.92. The van der Waals surface area contributed by atoms with E-state index in [1.165, 1.54) is 6.07 Å². The molecule has 4 heteroatoms. The fourth-order valence-electron chi connectivity index (χ4n) is 2.66. The lowest BCUT2D eigenvalue weighted by Gasteiger charge is -2.14. The first kappa shape index (κ1) is 15.4. The van der Waals surface area contributed by atoms with E-state index >= 15 is 0 Å². The molecule has 0 unspecified atom stereocenters. The molecule has 3 nitrogen and oxygen atoms in total. The molecule has 0 amide bonds. The van der Waals surface area contributed by atoms with E-state index in [9.17, 15) is 9.90 Å². The molecule has 0 saturated carbocycles. The molecule has 3 rings (SSSR count). The molecule has 0 bridgehead atoms. The summed E-state index contributed by atoms with van der Waals surface area (Å²) in [7, 11) is 0. The molecule has 0 radical (unpaired) electrons. The summed E-state index contributed by atoms with van der Waals surface area (Å²) < 4.78 is 5.16. The summed E-state index contributed by atoms with van der Waals surface area (Å²) in [6.45, 7) is 2.05. The first-order chi connectivity index (χ1) is 11.1. The Hall–Kier alpha value is -2.52. The number of ether oxygens (including phenoxy) is 1. The number of rotatable bonds is 3. The molecule has 0 heterocycles. The van der Waals surface area contributed by atoms with Crippen LogP contribution < -0.4 is 0 Å². The molecular formula is C19H15ClO3. The molecule has 0 aliphatic heterocycles. The molecule has 23 heavy (non-hydrogen) atoms. The van der Waals surface area contributed by atoms with Crippen molar-refractivity contribution in [2.24, 2.45) is 0 Å². The largest absolute Gasteiger partial charge is 0.507 e. The van der Waals surface area contributed by atoms with E-state index in [2.05, 4.69) is 0 Å². The molecule has 0 saturated heterocycles. The molecule has 1 N–H and O–H groups in total. The van der Waals surface area contributed by atoms with Crippen molar-refractivity contribution in [2.45, 2.75) is 6.92 Å². The maximum Gasteiger partial charge on any atom is 0.338 e. The minimum absolute atomic E-state index is 0.0272. The number of phenols is 1. The SMILES string of the molecule is CCOC(=O)c1ccc2ccccc2c1-c1ccc(Cl)cc1O. The molecular weight excluding hydrogens is 312 g/mol. The molecule has 0 spiro atoms. The normalized spacial score (nSPS) is 10.7. The van der Waals surface area contributed by atoms with Crippen molar-refractivity contribution in [2.75, 3.05) is 6.61 Å². The van der Waals surface area contributed by atoms with Crippen molar-refractivity contribution in [1.29, 1.82) is 0 Å². The van der Waals surface area contributed by atoms with Crippen LogP contribution in [0.4, 0.5) is 0 Å². The topological polar surface area (TPSA) is 46.5 Å². The summed E-state index contributed by atoms with van der Waals surface area (Å²) in [6, 6.07) is 16.2. The number of fused-ring (bicyclic) bond motifs is 1. The van der Waals surface area contributed by atoms with Gasteiger partial charge in [-0.25, -0.2) is 4.79 Å². The lowest BCUT2D eigenvalue weighted by Crippen LogP contribution is -2.07. The molecule has 0 fully saturated rings. The lowest BCUT2D eigenvalue weighted by molar-refractivity contribution is 0.0527. The molecule has 0 atom stereocenters. The second kappa shape index (κ2) is 6.31. The van der Waals surface area contributed by atoms with Gasteiger partial charge >= 0.3 is 5.97 Å². The van der Waals surface area contributed by atoms with Gasteiger partial charge in [-0.2, -0.15) is 0 Å². The van der Waals surface area contributed by atoms with E-state index in [1.54, 1.807) is 25.1 Å². The third kappa shape index (κ3) is 2.88. The molecule has 3 aromatic rings. The van der Waals surface area contributed by atoms with E-state index in [0.717, 1.165) is 10.8 Å². The zero-order valence-electron chi connectivity index (χ0n) is 12.5. The van der Waals surface area contributed by atoms with E-state index in [-0.39, 0.29) is 12.4 Å². The van der Waals surface area contributed by atoms with Crippen LogP contribution >= 0.6 is 11.6 Å². The first-order valence-electron chi connectivity index (χ1n) is 7.29. The van der Waals surface area contributed by atoms with Gasteiger partial charge in [-0.1, -0.05) is 41.9 Å². The van der Waals surface area contributed by atoms with Gasteiger partial charge in [0.2, 0.25) is 0 Å². The van der Waals surface area contributed by atoms with Crippen LogP contribution in [0.15, 0.2) is 54.6 Å². The van der Waals surface area contributed by atoms with Crippen LogP contribution in [0.1, 0.15) is 17.3 Å². The molecule has 116 valence electrons. The zero-order valence-corrected chi connectivity index (χ0v) is 13.3. The van der Waals surface area contributed by atoms with Gasteiger partial charge in [-0.3, -0.25) is 0 Å². The molecule has 0 aromatic heterocycles. The number of carbonyl (C=O) groups is 1. The lowest BCUT2D eigenvalue weighted by atomic mass is 9.92. The fraction of sp³-hybridized carbons (Fsp3) is 0.105. The number of hydrogen-bond donors (Lipinski definition) is 1. The Labute approximate surface area is 139 Å². The highest BCUT2D eigenvalue weighted by Gasteiger charge is 2.19. The maximum absolute atomic E-state index is 12.3. The van der Waals surface area contributed by atoms with Gasteiger partial charge in [-0.15, -0.1) is 0 Å². The van der Waals surface area contributed by atoms with Crippen molar-refractivity contribution < 1.29 is 14.6 Å². The van der Waals surface area contributed by atoms with Gasteiger partial charge in [0, 0.05) is 16.1 Å². The maximum atomic E-state index is 12.3. The Balaban J connectivity index is 2.34. The van der Waals surface area contributed by atoms with Crippen molar-refractivity contribution >= 4 is 28.3 Å². The van der Waals surface area contributed by atoms with E-state index < -0.39 is 5.97 Å². The predicted molar refractivity (Wildman–Crippen MR) is 92.0 cm³/mol. The van der Waals surface area contributed by atoms with Gasteiger partial charge in [-0.05, 0) is 42.0 Å². The average Bonchev–Trinajstić information content (AvgIpc) is 2.54. The van der Waals surface area contributed by atoms with Crippen LogP contribution in [0, 0.1) is 0 Å². The monoisotopic (exact) mass is 326 g/mol. The van der Waals surface area contributed by atoms with Crippen molar-refractivity contribution in [3.8, 4) is 16.9 Å². The Morgan fingerprint density at radius 3 is 2.65 bits per heavy atom. The van der Waals surface area contributed by atoms with Crippen LogP contribution in [0.25, 0.3) is 21.9 Å². The Kier molecular flexibility index (Phi) is 4.22. The van der Waals surface area contributed by atoms with Crippen molar-refractivity contribution in [3.63, 3.8) is 0 Å². The number of halogens is 1. The Morgan fingerprint density at radius 1 is 1.13 bits per heavy atom. The summed E-state index contributed by atoms with van der Waals surface area (Å²) in [6.07, 6.45) is 0. The van der Waals surface area contributed by atoms with E-state index in [1.807, 2.05) is 30.3 Å². The summed E-state index contributed by atoms with van der Waals surface area (Å²) in [5.74, 6) is -0.387. The van der Waals surface area contributed by atoms with Gasteiger partial charge in [0.15, 0.2) is 0 Å². The van der Waals surface area contributed by atoms with Gasteiger partial charge < -0.3 is 9.84 Å². The van der Waals surface area contributed by atoms with E-state index in [4.69, 9.17) is 16.3 Å². The highest BCUT2D eigenvalue weighted by Crippen LogP contribution is 2.38. The number of benzene rings is 3. The van der Waals surface area contributed by atoms with Crippen molar-refractivity contribution in [3.05, 3.63) is 65.2 Å². The van der Waals surface area contributed by atoms with Crippen LogP contribution in [-0.2, 0) is 4.74 Å². The Morgan fingerprint density at radius 2 is 1.91 bits per heavy atom. The third-order valence-corrected chi connectivity index (χ3v) is 3.89. The fourth-order valence-corrected chi connectivity index (χ4v) is 2.82. The molecule has 3 aromatic carbocycles. The van der Waals surface area contributed by atoms with E-state index in [0.29, 0.717) is 21.7 Å². The van der Waals surface area contributed by atoms with Gasteiger partial charge in [0.25, 0.3) is 0 Å². The van der Waals surface area contributed by atoms with Crippen LogP contribution in [0.5, 0.6) is 5.75 Å². The Bertz CT molecular complexity index is 887. The highest BCUT2D eigenvalue weighted by molar-refractivity contribution is 6.30. The molecule has 0 aliphatic carbocycles. The summed E-state index contributed by atoms with van der Waals surface area (Å²) in [5.41, 5.74) is 1.62. The van der Waals surface area contributed by atoms with Crippen molar-refractivity contribution in [1.82, 2.24) is 0 Å². The average molecular weight is 327 g/mol. The highest BCUT2D eigenvalue weighted by atomic mass is 35.5. The number of carbonyl (C=O) groups excluding carboxylic acids is 1. The quantitative estimate of drug-likeness (QED) is 0.686.